The summed E-state index contributed by atoms with van der Waals surface area (Å²) >= 11 is 0. The summed E-state index contributed by atoms with van der Waals surface area (Å²) in [5.74, 6) is 1.39. The van der Waals surface area contributed by atoms with Crippen LogP contribution in [0.5, 0.6) is 5.75 Å². The zero-order valence-electron chi connectivity index (χ0n) is 18.6. The number of hydrazone groups is 1. The number of aromatic nitrogens is 1. The van der Waals surface area contributed by atoms with Crippen molar-refractivity contribution >= 4 is 5.71 Å². The molecule has 0 bridgehead atoms. The van der Waals surface area contributed by atoms with Crippen LogP contribution in [0.2, 0.25) is 0 Å². The number of likely N-dealkylation sites (N-methyl/N-ethyl adjacent to an activating group) is 1. The van der Waals surface area contributed by atoms with Gasteiger partial charge in [0, 0.05) is 24.9 Å². The number of pyridine rings is 1. The Labute approximate surface area is 184 Å². The second-order valence-electron chi connectivity index (χ2n) is 8.91. The molecule has 0 unspecified atom stereocenters. The van der Waals surface area contributed by atoms with E-state index in [0.29, 0.717) is 18.6 Å². The van der Waals surface area contributed by atoms with Crippen molar-refractivity contribution in [1.29, 1.82) is 0 Å². The number of fused-ring (bicyclic) bond motifs is 1. The van der Waals surface area contributed by atoms with E-state index in [1.165, 1.54) is 36.8 Å². The van der Waals surface area contributed by atoms with Gasteiger partial charge in [-0.05, 0) is 69.3 Å². The van der Waals surface area contributed by atoms with Crippen LogP contribution in [0.3, 0.4) is 0 Å². The van der Waals surface area contributed by atoms with Gasteiger partial charge in [-0.25, -0.2) is 0 Å². The predicted molar refractivity (Wildman–Crippen MR) is 121 cm³/mol. The van der Waals surface area contributed by atoms with Gasteiger partial charge in [-0.3, -0.25) is 9.99 Å². The lowest BCUT2D eigenvalue weighted by Crippen LogP contribution is -2.45. The van der Waals surface area contributed by atoms with Gasteiger partial charge in [-0.15, -0.1) is 0 Å². The van der Waals surface area contributed by atoms with Crippen molar-refractivity contribution in [3.63, 3.8) is 0 Å². The molecule has 1 aromatic heterocycles. The molecule has 1 aromatic carbocycles. The molecule has 0 spiro atoms. The quantitative estimate of drug-likeness (QED) is 0.501. The highest BCUT2D eigenvalue weighted by atomic mass is 16.7. The largest absolute Gasteiger partial charge is 0.465 e. The first-order valence-electron chi connectivity index (χ1n) is 11.6. The molecule has 2 aliphatic heterocycles. The number of benzene rings is 1. The summed E-state index contributed by atoms with van der Waals surface area (Å²) in [5.41, 5.74) is 5.42. The SMILES string of the molecule is CCOCOc1cc(C2CC2)cnc1C1=NN([C@@H]2CCCN(C)C2)Cc2ccccc21. The van der Waals surface area contributed by atoms with E-state index in [0.717, 1.165) is 42.4 Å². The fraction of sp³-hybridized carbons (Fsp3) is 0.520. The van der Waals surface area contributed by atoms with Crippen molar-refractivity contribution in [3.05, 3.63) is 58.9 Å². The van der Waals surface area contributed by atoms with Crippen LogP contribution in [0.15, 0.2) is 41.6 Å². The standard InChI is InChI=1S/C25H32N4O2/c1-3-30-17-31-23-13-20(18-10-11-18)14-26-25(23)24-22-9-5-4-7-19(22)15-29(27-24)21-8-6-12-28(2)16-21/h4-5,7,9,13-14,18,21H,3,6,8,10-12,15-17H2,1-2H3/t21-/m1/s1. The summed E-state index contributed by atoms with van der Waals surface area (Å²) in [5, 5.41) is 7.44. The van der Waals surface area contributed by atoms with E-state index in [9.17, 15) is 0 Å². The fourth-order valence-corrected chi connectivity index (χ4v) is 4.63. The molecule has 5 rings (SSSR count). The van der Waals surface area contributed by atoms with E-state index >= 15 is 0 Å². The van der Waals surface area contributed by atoms with Crippen LogP contribution >= 0.6 is 0 Å². The van der Waals surface area contributed by atoms with Crippen molar-refractivity contribution < 1.29 is 9.47 Å². The Morgan fingerprint density at radius 2 is 2.03 bits per heavy atom. The smallest absolute Gasteiger partial charge is 0.189 e. The summed E-state index contributed by atoms with van der Waals surface area (Å²) in [6.07, 6.45) is 6.86. The zero-order chi connectivity index (χ0) is 21.2. The van der Waals surface area contributed by atoms with Gasteiger partial charge < -0.3 is 14.4 Å². The molecule has 31 heavy (non-hydrogen) atoms. The molecule has 0 N–H and O–H groups in total. The molecule has 6 nitrogen and oxygen atoms in total. The Bertz CT molecular complexity index is 956. The molecule has 1 aliphatic carbocycles. The maximum atomic E-state index is 6.07. The molecule has 2 fully saturated rings. The average molecular weight is 421 g/mol. The summed E-state index contributed by atoms with van der Waals surface area (Å²) in [6, 6.07) is 11.1. The van der Waals surface area contributed by atoms with Crippen molar-refractivity contribution in [2.45, 2.75) is 51.1 Å². The third kappa shape index (κ3) is 4.46. The van der Waals surface area contributed by atoms with Crippen LogP contribution < -0.4 is 4.74 Å². The Morgan fingerprint density at radius 3 is 2.84 bits per heavy atom. The zero-order valence-corrected chi connectivity index (χ0v) is 18.6. The summed E-state index contributed by atoms with van der Waals surface area (Å²) in [7, 11) is 2.20. The van der Waals surface area contributed by atoms with Gasteiger partial charge in [0.25, 0.3) is 0 Å². The van der Waals surface area contributed by atoms with Gasteiger partial charge in [0.05, 0.1) is 12.6 Å². The molecular formula is C25H32N4O2. The highest BCUT2D eigenvalue weighted by Gasteiger charge is 2.31. The van der Waals surface area contributed by atoms with E-state index in [2.05, 4.69) is 47.3 Å². The van der Waals surface area contributed by atoms with Gasteiger partial charge in [-0.1, -0.05) is 24.3 Å². The van der Waals surface area contributed by atoms with E-state index in [-0.39, 0.29) is 6.79 Å². The molecule has 3 aliphatic rings. The average Bonchev–Trinajstić information content (AvgIpc) is 3.64. The minimum atomic E-state index is 0.228. The topological polar surface area (TPSA) is 50.2 Å². The third-order valence-corrected chi connectivity index (χ3v) is 6.50. The predicted octanol–water partition coefficient (Wildman–Crippen LogP) is 3.99. The molecule has 0 radical (unpaired) electrons. The number of ether oxygens (including phenoxy) is 2. The lowest BCUT2D eigenvalue weighted by atomic mass is 9.96. The Balaban J connectivity index is 1.53. The molecule has 6 heteroatoms. The molecule has 2 aromatic rings. The highest BCUT2D eigenvalue weighted by molar-refractivity contribution is 6.14. The van der Waals surface area contributed by atoms with Gasteiger partial charge >= 0.3 is 0 Å². The first-order valence-corrected chi connectivity index (χ1v) is 11.6. The van der Waals surface area contributed by atoms with Gasteiger partial charge in [-0.2, -0.15) is 5.10 Å². The molecule has 0 amide bonds. The number of likely N-dealkylation sites (tertiary alicyclic amines) is 1. The molecule has 3 heterocycles. The number of rotatable bonds is 7. The number of hydrogen-bond acceptors (Lipinski definition) is 6. The molecule has 164 valence electrons. The molecule has 1 saturated heterocycles. The summed E-state index contributed by atoms with van der Waals surface area (Å²) in [4.78, 5) is 7.29. The fourth-order valence-electron chi connectivity index (χ4n) is 4.63. The van der Waals surface area contributed by atoms with E-state index in [1.807, 2.05) is 13.1 Å². The monoisotopic (exact) mass is 420 g/mol. The molecule has 1 atom stereocenters. The van der Waals surface area contributed by atoms with Crippen molar-refractivity contribution in [3.8, 4) is 5.75 Å². The van der Waals surface area contributed by atoms with E-state index in [1.54, 1.807) is 0 Å². The van der Waals surface area contributed by atoms with Crippen LogP contribution in [-0.4, -0.2) is 60.2 Å². The third-order valence-electron chi connectivity index (χ3n) is 6.50. The van der Waals surface area contributed by atoms with Crippen LogP contribution in [-0.2, 0) is 11.3 Å². The number of piperidine rings is 1. The van der Waals surface area contributed by atoms with Crippen molar-refractivity contribution in [1.82, 2.24) is 14.9 Å². The molecule has 1 saturated carbocycles. The van der Waals surface area contributed by atoms with E-state index < -0.39 is 0 Å². The van der Waals surface area contributed by atoms with Crippen LogP contribution in [0.25, 0.3) is 0 Å². The van der Waals surface area contributed by atoms with Gasteiger partial charge in [0.2, 0.25) is 0 Å². The maximum absolute atomic E-state index is 6.07. The second kappa shape index (κ2) is 8.97. The minimum absolute atomic E-state index is 0.228. The lowest BCUT2D eigenvalue weighted by molar-refractivity contribution is 0.0220. The van der Waals surface area contributed by atoms with E-state index in [4.69, 9.17) is 19.6 Å². The van der Waals surface area contributed by atoms with Crippen LogP contribution in [0.1, 0.15) is 60.9 Å². The van der Waals surface area contributed by atoms with Crippen LogP contribution in [0, 0.1) is 0 Å². The maximum Gasteiger partial charge on any atom is 0.189 e. The van der Waals surface area contributed by atoms with Crippen LogP contribution in [0.4, 0.5) is 0 Å². The Morgan fingerprint density at radius 1 is 1.16 bits per heavy atom. The summed E-state index contributed by atoms with van der Waals surface area (Å²) < 4.78 is 11.6. The number of hydrogen-bond donors (Lipinski definition) is 0. The number of nitrogens with zero attached hydrogens (tertiary/aromatic N) is 4. The highest BCUT2D eigenvalue weighted by Crippen LogP contribution is 2.41. The Kier molecular flexibility index (Phi) is 5.92. The Hall–Kier alpha value is -2.44. The second-order valence-corrected chi connectivity index (χ2v) is 8.91. The van der Waals surface area contributed by atoms with Gasteiger partial charge in [0.1, 0.15) is 11.4 Å². The van der Waals surface area contributed by atoms with Gasteiger partial charge in [0.15, 0.2) is 12.5 Å². The van der Waals surface area contributed by atoms with Crippen molar-refractivity contribution in [2.24, 2.45) is 5.10 Å². The summed E-state index contributed by atoms with van der Waals surface area (Å²) in [6.45, 7) is 5.87. The first-order chi connectivity index (χ1) is 15.2. The first kappa shape index (κ1) is 20.5. The minimum Gasteiger partial charge on any atom is -0.465 e. The molecular weight excluding hydrogens is 388 g/mol. The van der Waals surface area contributed by atoms with Crippen molar-refractivity contribution in [2.75, 3.05) is 33.5 Å². The lowest BCUT2D eigenvalue weighted by Gasteiger charge is -2.39. The normalized spacial score (nSPS) is 21.5.